The molecule has 0 radical (unpaired) electrons. The maximum Gasteiger partial charge on any atom is 0.237 e. The fourth-order valence-electron chi connectivity index (χ4n) is 2.88. The second kappa shape index (κ2) is 7.30. The largest absolute Gasteiger partial charge is 0.326 e. The number of carbonyl (C=O) groups is 1. The van der Waals surface area contributed by atoms with Gasteiger partial charge < -0.3 is 10.2 Å². The predicted octanol–water partition coefficient (Wildman–Crippen LogP) is 1.98. The summed E-state index contributed by atoms with van der Waals surface area (Å²) in [4.78, 5) is 13.7. The summed E-state index contributed by atoms with van der Waals surface area (Å²) in [5.41, 5.74) is 1.53. The van der Waals surface area contributed by atoms with E-state index in [4.69, 9.17) is 5.26 Å². The predicted molar refractivity (Wildman–Crippen MR) is 74.4 cm³/mol. The van der Waals surface area contributed by atoms with Crippen molar-refractivity contribution < 1.29 is 4.79 Å². The molecule has 2 rings (SSSR count). The lowest BCUT2D eigenvalue weighted by molar-refractivity contribution is -0.130. The van der Waals surface area contributed by atoms with Crippen molar-refractivity contribution >= 4 is 5.91 Å². The average Bonchev–Trinajstić information content (AvgIpc) is 2.93. The number of nitrogens with one attached hydrogen (secondary N) is 1. The number of carbonyl (C=O) groups excluding carboxylic acids is 1. The van der Waals surface area contributed by atoms with Gasteiger partial charge in [0.15, 0.2) is 0 Å². The number of likely N-dealkylation sites (tertiary alicyclic amines) is 1. The first kappa shape index (κ1) is 14.1. The molecular formula is C15H23N3O. The molecule has 0 bridgehead atoms. The van der Waals surface area contributed by atoms with Gasteiger partial charge in [0.1, 0.15) is 6.04 Å². The number of rotatable bonds is 5. The van der Waals surface area contributed by atoms with Gasteiger partial charge in [-0.25, -0.2) is 0 Å². The van der Waals surface area contributed by atoms with Crippen LogP contribution in [0.5, 0.6) is 0 Å². The molecule has 1 fully saturated rings. The van der Waals surface area contributed by atoms with E-state index in [2.05, 4.69) is 17.5 Å². The highest BCUT2D eigenvalue weighted by molar-refractivity contribution is 5.79. The second-order valence-electron chi connectivity index (χ2n) is 5.41. The van der Waals surface area contributed by atoms with Crippen LogP contribution in [0.1, 0.15) is 44.9 Å². The van der Waals surface area contributed by atoms with E-state index in [1.54, 1.807) is 4.90 Å². The number of amides is 1. The summed E-state index contributed by atoms with van der Waals surface area (Å²) >= 11 is 0. The highest BCUT2D eigenvalue weighted by Crippen LogP contribution is 2.19. The van der Waals surface area contributed by atoms with Crippen LogP contribution in [0.2, 0.25) is 0 Å². The van der Waals surface area contributed by atoms with Gasteiger partial charge in [-0.3, -0.25) is 4.79 Å². The molecule has 0 aromatic heterocycles. The maximum absolute atomic E-state index is 12.0. The molecule has 4 heteroatoms. The molecule has 1 amide bonds. The fourth-order valence-corrected chi connectivity index (χ4v) is 2.88. The third-order valence-corrected chi connectivity index (χ3v) is 4.01. The first-order valence-corrected chi connectivity index (χ1v) is 7.39. The zero-order valence-corrected chi connectivity index (χ0v) is 11.5. The van der Waals surface area contributed by atoms with Gasteiger partial charge in [-0.15, -0.1) is 0 Å². The Labute approximate surface area is 115 Å². The quantitative estimate of drug-likeness (QED) is 0.608. The molecule has 2 aliphatic rings. The number of hydrogen-bond donors (Lipinski definition) is 1. The van der Waals surface area contributed by atoms with Crippen molar-refractivity contribution in [2.24, 2.45) is 0 Å². The van der Waals surface area contributed by atoms with Crippen LogP contribution >= 0.6 is 0 Å². The summed E-state index contributed by atoms with van der Waals surface area (Å²) in [6, 6.07) is 2.01. The SMILES string of the molecule is N#C[C@@H]1CCCN1C(=O)CNCCC1=CCCCC1. The Bertz CT molecular complexity index is 383. The van der Waals surface area contributed by atoms with E-state index >= 15 is 0 Å². The third-order valence-electron chi connectivity index (χ3n) is 4.01. The van der Waals surface area contributed by atoms with Gasteiger partial charge in [-0.1, -0.05) is 11.6 Å². The van der Waals surface area contributed by atoms with Gasteiger partial charge in [0, 0.05) is 6.54 Å². The molecule has 4 nitrogen and oxygen atoms in total. The second-order valence-corrected chi connectivity index (χ2v) is 5.41. The summed E-state index contributed by atoms with van der Waals surface area (Å²) in [5.74, 6) is 0.0710. The van der Waals surface area contributed by atoms with Crippen LogP contribution in [-0.2, 0) is 4.79 Å². The number of allylic oxidation sites excluding steroid dienone is 1. The topological polar surface area (TPSA) is 56.1 Å². The normalized spacial score (nSPS) is 23.0. The van der Waals surface area contributed by atoms with Gasteiger partial charge in [-0.05, 0) is 51.5 Å². The van der Waals surface area contributed by atoms with E-state index in [1.165, 1.54) is 31.3 Å². The molecule has 1 N–H and O–H groups in total. The fraction of sp³-hybridized carbons (Fsp3) is 0.733. The molecule has 0 aromatic rings. The Kier molecular flexibility index (Phi) is 5.41. The zero-order chi connectivity index (χ0) is 13.5. The van der Waals surface area contributed by atoms with Crippen LogP contribution in [0.4, 0.5) is 0 Å². The van der Waals surface area contributed by atoms with E-state index < -0.39 is 0 Å². The minimum Gasteiger partial charge on any atom is -0.326 e. The van der Waals surface area contributed by atoms with Crippen LogP contribution in [0.25, 0.3) is 0 Å². The Balaban J connectivity index is 1.64. The molecule has 1 aliphatic heterocycles. The van der Waals surface area contributed by atoms with Gasteiger partial charge in [0.05, 0.1) is 12.6 Å². The molecule has 1 aliphatic carbocycles. The van der Waals surface area contributed by atoms with Crippen molar-refractivity contribution in [2.45, 2.75) is 51.0 Å². The van der Waals surface area contributed by atoms with Gasteiger partial charge in [0.25, 0.3) is 0 Å². The van der Waals surface area contributed by atoms with Crippen LogP contribution in [0, 0.1) is 11.3 Å². The Morgan fingerprint density at radius 1 is 1.47 bits per heavy atom. The summed E-state index contributed by atoms with van der Waals surface area (Å²) < 4.78 is 0. The van der Waals surface area contributed by atoms with Crippen LogP contribution in [0.3, 0.4) is 0 Å². The first-order valence-electron chi connectivity index (χ1n) is 7.39. The van der Waals surface area contributed by atoms with E-state index in [1.807, 2.05) is 0 Å². The monoisotopic (exact) mass is 261 g/mol. The third kappa shape index (κ3) is 4.07. The van der Waals surface area contributed by atoms with E-state index in [0.29, 0.717) is 6.54 Å². The van der Waals surface area contributed by atoms with Gasteiger partial charge in [-0.2, -0.15) is 5.26 Å². The van der Waals surface area contributed by atoms with Crippen LogP contribution in [0.15, 0.2) is 11.6 Å². The number of nitrogens with zero attached hydrogens (tertiary/aromatic N) is 2. The Hall–Kier alpha value is -1.34. The average molecular weight is 261 g/mol. The van der Waals surface area contributed by atoms with Crippen molar-refractivity contribution in [3.05, 3.63) is 11.6 Å². The summed E-state index contributed by atoms with van der Waals surface area (Å²) in [7, 11) is 0. The van der Waals surface area contributed by atoms with Crippen molar-refractivity contribution in [1.29, 1.82) is 5.26 Å². The highest BCUT2D eigenvalue weighted by atomic mass is 16.2. The number of nitriles is 1. The van der Waals surface area contributed by atoms with E-state index in [-0.39, 0.29) is 11.9 Å². The lowest BCUT2D eigenvalue weighted by atomic mass is 9.97. The molecular weight excluding hydrogens is 238 g/mol. The van der Waals surface area contributed by atoms with E-state index in [9.17, 15) is 4.79 Å². The summed E-state index contributed by atoms with van der Waals surface area (Å²) in [6.45, 7) is 1.97. The van der Waals surface area contributed by atoms with Crippen molar-refractivity contribution in [1.82, 2.24) is 10.2 Å². The van der Waals surface area contributed by atoms with Gasteiger partial charge in [0.2, 0.25) is 5.91 Å². The molecule has 0 unspecified atom stereocenters. The molecule has 0 spiro atoms. The zero-order valence-electron chi connectivity index (χ0n) is 11.5. The van der Waals surface area contributed by atoms with Crippen molar-refractivity contribution in [2.75, 3.05) is 19.6 Å². The minimum atomic E-state index is -0.199. The summed E-state index contributed by atoms with van der Waals surface area (Å²) in [6.07, 6.45) is 10.2. The van der Waals surface area contributed by atoms with E-state index in [0.717, 1.165) is 32.4 Å². The number of hydrogen-bond acceptors (Lipinski definition) is 3. The molecule has 1 heterocycles. The van der Waals surface area contributed by atoms with Crippen molar-refractivity contribution in [3.63, 3.8) is 0 Å². The first-order chi connectivity index (χ1) is 9.31. The molecule has 0 aromatic carbocycles. The molecule has 1 saturated heterocycles. The molecule has 1 atom stereocenters. The smallest absolute Gasteiger partial charge is 0.237 e. The summed E-state index contributed by atoms with van der Waals surface area (Å²) in [5, 5.41) is 12.2. The minimum absolute atomic E-state index is 0.0710. The lowest BCUT2D eigenvalue weighted by Gasteiger charge is -2.20. The molecule has 104 valence electrons. The lowest BCUT2D eigenvalue weighted by Crippen LogP contribution is -2.40. The Morgan fingerprint density at radius 2 is 2.37 bits per heavy atom. The van der Waals surface area contributed by atoms with Crippen LogP contribution in [-0.4, -0.2) is 36.5 Å². The molecule has 0 saturated carbocycles. The maximum atomic E-state index is 12.0. The highest BCUT2D eigenvalue weighted by Gasteiger charge is 2.27. The standard InChI is InChI=1S/C15H23N3O/c16-11-14-7-4-10-18(14)15(19)12-17-9-8-13-5-2-1-3-6-13/h5,14,17H,1-4,6-10,12H2/t14-/m0/s1. The van der Waals surface area contributed by atoms with Crippen molar-refractivity contribution in [3.8, 4) is 6.07 Å². The van der Waals surface area contributed by atoms with Gasteiger partial charge >= 0.3 is 0 Å². The van der Waals surface area contributed by atoms with Crippen LogP contribution < -0.4 is 5.32 Å². The molecule has 19 heavy (non-hydrogen) atoms. The Morgan fingerprint density at radius 3 is 3.11 bits per heavy atom.